The van der Waals surface area contributed by atoms with Gasteiger partial charge in [0.25, 0.3) is 0 Å². The summed E-state index contributed by atoms with van der Waals surface area (Å²) in [5.74, 6) is 0. The molecular weight excluding hydrogens is 223 g/mol. The molecule has 3 nitrogen and oxygen atoms in total. The first-order chi connectivity index (χ1) is 8.55. The molecule has 2 atom stereocenters. The minimum Gasteiger partial charge on any atom is -0.309 e. The van der Waals surface area contributed by atoms with Crippen LogP contribution in [0.4, 0.5) is 0 Å². The van der Waals surface area contributed by atoms with Crippen LogP contribution in [0.1, 0.15) is 22.2 Å². The van der Waals surface area contributed by atoms with E-state index in [2.05, 4.69) is 0 Å². The zero-order valence-electron chi connectivity index (χ0n) is 11.6. The Morgan fingerprint density at radius 2 is 1.75 bits per heavy atom. The lowest BCUT2D eigenvalue weighted by Gasteiger charge is -2.16. The Kier molecular flexibility index (Phi) is 4.50. The van der Waals surface area contributed by atoms with Gasteiger partial charge in [-0.25, -0.2) is 0 Å². The second-order valence-corrected chi connectivity index (χ2v) is 5.00. The van der Waals surface area contributed by atoms with Crippen LogP contribution in [0.3, 0.4) is 0 Å². The van der Waals surface area contributed by atoms with E-state index in [4.69, 9.17) is 11.8 Å². The third kappa shape index (κ3) is 4.48. The Balaban J connectivity index is 2.89. The zero-order chi connectivity index (χ0) is 13.6. The summed E-state index contributed by atoms with van der Waals surface area (Å²) in [5, 5.41) is 0. The smallest absolute Gasteiger partial charge is 0.309 e. The molecule has 0 aliphatic heterocycles. The van der Waals surface area contributed by atoms with Crippen LogP contribution in [-0.2, 0) is 20.0 Å². The van der Waals surface area contributed by atoms with Crippen LogP contribution < -0.4 is 0 Å². The SMILES string of the molecule is [2H]C(c1ccccc1)C([2H])P(=O)(OCC)OCC. The van der Waals surface area contributed by atoms with E-state index in [1.165, 1.54) is 0 Å². The maximum atomic E-state index is 12.4. The maximum absolute atomic E-state index is 12.4. The fourth-order valence-electron chi connectivity index (χ4n) is 1.22. The van der Waals surface area contributed by atoms with Crippen LogP contribution in [0.25, 0.3) is 0 Å². The van der Waals surface area contributed by atoms with E-state index in [1.807, 2.05) is 6.07 Å². The molecule has 0 aliphatic rings. The minimum absolute atomic E-state index is 0.203. The summed E-state index contributed by atoms with van der Waals surface area (Å²) < 4.78 is 38.6. The first kappa shape index (κ1) is 10.5. The van der Waals surface area contributed by atoms with Gasteiger partial charge in [0, 0.05) is 2.74 Å². The third-order valence-electron chi connectivity index (χ3n) is 1.87. The highest BCUT2D eigenvalue weighted by atomic mass is 31.2. The molecule has 90 valence electrons. The van der Waals surface area contributed by atoms with Gasteiger partial charge in [-0.2, -0.15) is 0 Å². The second-order valence-electron chi connectivity index (χ2n) is 3.10. The van der Waals surface area contributed by atoms with E-state index in [9.17, 15) is 4.57 Å². The van der Waals surface area contributed by atoms with Gasteiger partial charge in [0.05, 0.1) is 19.4 Å². The molecule has 16 heavy (non-hydrogen) atoms. The molecule has 0 saturated heterocycles. The van der Waals surface area contributed by atoms with Gasteiger partial charge in [0.2, 0.25) is 0 Å². The summed E-state index contributed by atoms with van der Waals surface area (Å²) in [5.41, 5.74) is 0.636. The molecule has 1 rings (SSSR count). The largest absolute Gasteiger partial charge is 0.330 e. The van der Waals surface area contributed by atoms with Crippen LogP contribution in [0.2, 0.25) is 0 Å². The van der Waals surface area contributed by atoms with Crippen molar-refractivity contribution in [2.24, 2.45) is 0 Å². The molecule has 0 bridgehead atoms. The highest BCUT2D eigenvalue weighted by molar-refractivity contribution is 7.53. The lowest BCUT2D eigenvalue weighted by atomic mass is 10.2. The molecule has 0 fully saturated rings. The maximum Gasteiger partial charge on any atom is 0.330 e. The van der Waals surface area contributed by atoms with Crippen molar-refractivity contribution in [3.8, 4) is 0 Å². The fraction of sp³-hybridized carbons (Fsp3) is 0.500. The zero-order valence-corrected chi connectivity index (χ0v) is 10.5. The summed E-state index contributed by atoms with van der Waals surface area (Å²) in [4.78, 5) is 0. The second kappa shape index (κ2) is 6.85. The van der Waals surface area contributed by atoms with E-state index < -0.39 is 20.1 Å². The summed E-state index contributed by atoms with van der Waals surface area (Å²) >= 11 is 0. The molecule has 1 aromatic rings. The van der Waals surface area contributed by atoms with E-state index in [-0.39, 0.29) is 13.2 Å². The van der Waals surface area contributed by atoms with Crippen molar-refractivity contribution in [1.29, 1.82) is 0 Å². The molecule has 0 saturated carbocycles. The van der Waals surface area contributed by atoms with Crippen molar-refractivity contribution < 1.29 is 16.4 Å². The van der Waals surface area contributed by atoms with Gasteiger partial charge in [-0.1, -0.05) is 30.3 Å². The number of rotatable bonds is 7. The molecule has 4 heteroatoms. The molecule has 0 radical (unpaired) electrons. The van der Waals surface area contributed by atoms with Crippen LogP contribution in [0, 0.1) is 0 Å². The average molecular weight is 244 g/mol. The van der Waals surface area contributed by atoms with Crippen molar-refractivity contribution in [2.45, 2.75) is 20.2 Å². The Labute approximate surface area is 100 Å². The molecule has 1 aromatic carbocycles. The number of hydrogen-bond acceptors (Lipinski definition) is 3. The summed E-state index contributed by atoms with van der Waals surface area (Å²) in [7, 11) is -3.55. The van der Waals surface area contributed by atoms with Gasteiger partial charge in [0.1, 0.15) is 0 Å². The van der Waals surface area contributed by atoms with Gasteiger partial charge in [-0.05, 0) is 25.8 Å². The van der Waals surface area contributed by atoms with E-state index >= 15 is 0 Å². The summed E-state index contributed by atoms with van der Waals surface area (Å²) in [6.07, 6.45) is -2.19. The van der Waals surface area contributed by atoms with Gasteiger partial charge in [-0.15, -0.1) is 0 Å². The van der Waals surface area contributed by atoms with Crippen molar-refractivity contribution in [3.63, 3.8) is 0 Å². The van der Waals surface area contributed by atoms with Crippen LogP contribution >= 0.6 is 7.60 Å². The molecule has 0 aromatic heterocycles. The standard InChI is InChI=1S/C12H19O3P/c1-3-14-16(13,15-4-2)11-10-12-8-6-5-7-9-12/h5-9H,3-4,10-11H2,1-2H3/i10D,11D. The van der Waals surface area contributed by atoms with Crippen molar-refractivity contribution in [1.82, 2.24) is 0 Å². The first-order valence-electron chi connectivity index (χ1n) is 6.48. The Morgan fingerprint density at radius 1 is 1.19 bits per heavy atom. The number of benzene rings is 1. The topological polar surface area (TPSA) is 35.5 Å². The molecule has 0 aliphatic carbocycles. The quantitative estimate of drug-likeness (QED) is 0.689. The molecular formula is C12H19O3P. The third-order valence-corrected chi connectivity index (χ3v) is 3.62. The van der Waals surface area contributed by atoms with Gasteiger partial charge in [-0.3, -0.25) is 4.57 Å². The molecule has 0 heterocycles. The Hall–Kier alpha value is -0.630. The minimum atomic E-state index is -3.55. The van der Waals surface area contributed by atoms with Crippen molar-refractivity contribution >= 4 is 7.60 Å². The molecule has 2 unspecified atom stereocenters. The molecule has 0 amide bonds. The van der Waals surface area contributed by atoms with E-state index in [1.54, 1.807) is 38.1 Å². The number of hydrogen-bond donors (Lipinski definition) is 0. The lowest BCUT2D eigenvalue weighted by molar-refractivity contribution is 0.220. The Bertz CT molecular complexity index is 390. The fourth-order valence-corrected chi connectivity index (χ4v) is 2.55. The van der Waals surface area contributed by atoms with Crippen LogP contribution in [-0.4, -0.2) is 19.4 Å². The lowest BCUT2D eigenvalue weighted by Crippen LogP contribution is -2.02. The molecule has 0 N–H and O–H groups in total. The van der Waals surface area contributed by atoms with Gasteiger partial charge < -0.3 is 9.05 Å². The summed E-state index contributed by atoms with van der Waals surface area (Å²) in [6.45, 7) is 3.79. The van der Waals surface area contributed by atoms with Crippen molar-refractivity contribution in [2.75, 3.05) is 19.4 Å². The monoisotopic (exact) mass is 244 g/mol. The van der Waals surface area contributed by atoms with Crippen LogP contribution in [0.15, 0.2) is 30.3 Å². The predicted octanol–water partition coefficient (Wildman–Crippen LogP) is 3.50. The van der Waals surface area contributed by atoms with Gasteiger partial charge >= 0.3 is 7.60 Å². The number of aryl methyl sites for hydroxylation is 1. The van der Waals surface area contributed by atoms with Gasteiger partial charge in [0.15, 0.2) is 0 Å². The highest BCUT2D eigenvalue weighted by Gasteiger charge is 2.22. The normalized spacial score (nSPS) is 17.4. The van der Waals surface area contributed by atoms with E-state index in [0.29, 0.717) is 5.56 Å². The highest BCUT2D eigenvalue weighted by Crippen LogP contribution is 2.48. The summed E-state index contributed by atoms with van der Waals surface area (Å²) in [6, 6.07) is 8.88. The molecule has 0 spiro atoms. The van der Waals surface area contributed by atoms with Crippen LogP contribution in [0.5, 0.6) is 0 Å². The predicted molar refractivity (Wildman–Crippen MR) is 65.9 cm³/mol. The average Bonchev–Trinajstić information content (AvgIpc) is 2.38. The Morgan fingerprint density at radius 3 is 2.25 bits per heavy atom. The van der Waals surface area contributed by atoms with E-state index in [0.717, 1.165) is 0 Å². The van der Waals surface area contributed by atoms with Crippen molar-refractivity contribution in [3.05, 3.63) is 35.9 Å². The first-order valence-corrected chi connectivity index (χ1v) is 6.94.